The van der Waals surface area contributed by atoms with E-state index in [-0.39, 0.29) is 23.2 Å². The van der Waals surface area contributed by atoms with Crippen LogP contribution in [0.15, 0.2) is 18.2 Å². The van der Waals surface area contributed by atoms with Gasteiger partial charge in [-0.25, -0.2) is 0 Å². The molecule has 1 heterocycles. The number of benzene rings is 1. The molecule has 1 N–H and O–H groups in total. The first-order valence-electron chi connectivity index (χ1n) is 13.7. The minimum atomic E-state index is -0.329. The zero-order chi connectivity index (χ0) is 23.9. The molecule has 1 amide bonds. The SMILES string of the molecule is CCNC(=O)C1CC(=O)C2(C)CCC3c4ccc(OCCCN5CCCC5C)cc4CCC3C12. The maximum absolute atomic E-state index is 13.0. The smallest absolute Gasteiger partial charge is 0.223 e. The van der Waals surface area contributed by atoms with Gasteiger partial charge in [0.2, 0.25) is 5.91 Å². The van der Waals surface area contributed by atoms with Gasteiger partial charge in [0.25, 0.3) is 0 Å². The standard InChI is InChI=1S/C29H42N2O3/c1-4-30-28(33)25-18-26(32)29(3)13-12-23-22-11-9-21(17-20(22)8-10-24(23)27(25)29)34-16-6-15-31-14-5-7-19(31)2/h9,11,17,19,23-25,27H,4-8,10,12-16,18H2,1-3H3,(H,30,33). The summed E-state index contributed by atoms with van der Waals surface area (Å²) in [5.74, 6) is 2.27. The van der Waals surface area contributed by atoms with Crippen LogP contribution in [-0.2, 0) is 16.0 Å². The molecule has 186 valence electrons. The van der Waals surface area contributed by atoms with Gasteiger partial charge in [-0.05, 0) is 106 Å². The number of nitrogens with zero attached hydrogens (tertiary/aromatic N) is 1. The molecule has 5 rings (SSSR count). The average Bonchev–Trinajstić information content (AvgIpc) is 3.36. The predicted molar refractivity (Wildman–Crippen MR) is 134 cm³/mol. The molecule has 0 spiro atoms. The third-order valence-electron chi connectivity index (χ3n) is 9.66. The topological polar surface area (TPSA) is 58.6 Å². The molecule has 1 saturated heterocycles. The van der Waals surface area contributed by atoms with E-state index in [1.807, 2.05) is 6.92 Å². The summed E-state index contributed by atoms with van der Waals surface area (Å²) < 4.78 is 6.15. The lowest BCUT2D eigenvalue weighted by atomic mass is 9.54. The highest BCUT2D eigenvalue weighted by Gasteiger charge is 2.60. The van der Waals surface area contributed by atoms with Crippen LogP contribution < -0.4 is 10.1 Å². The molecule has 3 aliphatic carbocycles. The van der Waals surface area contributed by atoms with E-state index < -0.39 is 0 Å². The Balaban J connectivity index is 1.26. The number of hydrogen-bond acceptors (Lipinski definition) is 4. The third-order valence-corrected chi connectivity index (χ3v) is 9.66. The third kappa shape index (κ3) is 4.19. The summed E-state index contributed by atoms with van der Waals surface area (Å²) in [6, 6.07) is 7.41. The van der Waals surface area contributed by atoms with Crippen LogP contribution in [0.25, 0.3) is 0 Å². The first-order valence-corrected chi connectivity index (χ1v) is 13.7. The van der Waals surface area contributed by atoms with Crippen LogP contribution in [-0.4, -0.2) is 48.9 Å². The van der Waals surface area contributed by atoms with Crippen LogP contribution in [0.1, 0.15) is 82.8 Å². The second-order valence-electron chi connectivity index (χ2n) is 11.5. The monoisotopic (exact) mass is 466 g/mol. The van der Waals surface area contributed by atoms with Crippen LogP contribution in [0.2, 0.25) is 0 Å². The Morgan fingerprint density at radius 2 is 2.12 bits per heavy atom. The van der Waals surface area contributed by atoms with Gasteiger partial charge in [0.1, 0.15) is 11.5 Å². The molecular formula is C29H42N2O3. The van der Waals surface area contributed by atoms with Crippen molar-refractivity contribution in [3.05, 3.63) is 29.3 Å². The average molecular weight is 467 g/mol. The summed E-state index contributed by atoms with van der Waals surface area (Å²) in [4.78, 5) is 28.5. The fourth-order valence-electron chi connectivity index (χ4n) is 7.87. The first kappa shape index (κ1) is 23.8. The molecule has 2 saturated carbocycles. The molecule has 4 aliphatic rings. The number of aryl methyl sites for hydroxylation is 1. The van der Waals surface area contributed by atoms with Gasteiger partial charge in [-0.3, -0.25) is 9.59 Å². The Hall–Kier alpha value is -1.88. The van der Waals surface area contributed by atoms with Gasteiger partial charge >= 0.3 is 0 Å². The van der Waals surface area contributed by atoms with E-state index in [1.165, 1.54) is 30.5 Å². The summed E-state index contributed by atoms with van der Waals surface area (Å²) in [5, 5.41) is 3.01. The number of fused-ring (bicyclic) bond motifs is 5. The highest BCUT2D eigenvalue weighted by molar-refractivity contribution is 5.94. The minimum absolute atomic E-state index is 0.0862. The van der Waals surface area contributed by atoms with Crippen molar-refractivity contribution in [2.45, 2.75) is 84.1 Å². The number of amides is 1. The number of Topliss-reactive ketones (excluding diaryl/α,β-unsaturated/α-hetero) is 1. The first-order chi connectivity index (χ1) is 16.4. The number of hydrogen-bond donors (Lipinski definition) is 1. The molecule has 0 radical (unpaired) electrons. The summed E-state index contributed by atoms with van der Waals surface area (Å²) in [7, 11) is 0. The quantitative estimate of drug-likeness (QED) is 0.591. The van der Waals surface area contributed by atoms with Crippen molar-refractivity contribution in [1.29, 1.82) is 0 Å². The predicted octanol–water partition coefficient (Wildman–Crippen LogP) is 4.73. The highest BCUT2D eigenvalue weighted by Crippen LogP contribution is 2.61. The van der Waals surface area contributed by atoms with E-state index in [9.17, 15) is 9.59 Å². The van der Waals surface area contributed by atoms with Crippen molar-refractivity contribution in [1.82, 2.24) is 10.2 Å². The Labute approximate surface area is 205 Å². The fourth-order valence-corrected chi connectivity index (χ4v) is 7.87. The normalized spacial score (nSPS) is 34.9. The van der Waals surface area contributed by atoms with Crippen molar-refractivity contribution in [2.24, 2.45) is 23.2 Å². The van der Waals surface area contributed by atoms with Crippen molar-refractivity contribution in [3.63, 3.8) is 0 Å². The van der Waals surface area contributed by atoms with Gasteiger partial charge < -0.3 is 15.0 Å². The van der Waals surface area contributed by atoms with Crippen LogP contribution in [0, 0.1) is 23.2 Å². The lowest BCUT2D eigenvalue weighted by Crippen LogP contribution is -2.46. The second-order valence-corrected chi connectivity index (χ2v) is 11.5. The van der Waals surface area contributed by atoms with Gasteiger partial charge in [0.15, 0.2) is 0 Å². The van der Waals surface area contributed by atoms with Crippen molar-refractivity contribution < 1.29 is 14.3 Å². The van der Waals surface area contributed by atoms with Crippen LogP contribution >= 0.6 is 0 Å². The van der Waals surface area contributed by atoms with Crippen molar-refractivity contribution in [2.75, 3.05) is 26.2 Å². The van der Waals surface area contributed by atoms with E-state index in [2.05, 4.69) is 42.3 Å². The van der Waals surface area contributed by atoms with Gasteiger partial charge in [0, 0.05) is 36.9 Å². The van der Waals surface area contributed by atoms with Crippen molar-refractivity contribution in [3.8, 4) is 5.75 Å². The van der Waals surface area contributed by atoms with Gasteiger partial charge in [0.05, 0.1) is 6.61 Å². The molecule has 0 bridgehead atoms. The Bertz CT molecular complexity index is 930. The van der Waals surface area contributed by atoms with Gasteiger partial charge in [-0.15, -0.1) is 0 Å². The highest BCUT2D eigenvalue weighted by atomic mass is 16.5. The number of nitrogens with one attached hydrogen (secondary N) is 1. The Morgan fingerprint density at radius 1 is 1.26 bits per heavy atom. The van der Waals surface area contributed by atoms with E-state index in [0.717, 1.165) is 57.0 Å². The van der Waals surface area contributed by atoms with Gasteiger partial charge in [-0.1, -0.05) is 13.0 Å². The zero-order valence-electron chi connectivity index (χ0n) is 21.3. The minimum Gasteiger partial charge on any atom is -0.494 e. The zero-order valence-corrected chi connectivity index (χ0v) is 21.3. The molecular weight excluding hydrogens is 424 g/mol. The maximum Gasteiger partial charge on any atom is 0.223 e. The molecule has 1 aromatic rings. The van der Waals surface area contributed by atoms with E-state index >= 15 is 0 Å². The second kappa shape index (κ2) is 9.64. The number of ether oxygens (including phenoxy) is 1. The summed E-state index contributed by atoms with van der Waals surface area (Å²) in [6.07, 6.45) is 8.18. The Morgan fingerprint density at radius 3 is 2.88 bits per heavy atom. The van der Waals surface area contributed by atoms with E-state index in [0.29, 0.717) is 30.6 Å². The summed E-state index contributed by atoms with van der Waals surface area (Å²) in [5.41, 5.74) is 2.52. The molecule has 5 heteroatoms. The Kier molecular flexibility index (Phi) is 6.76. The number of likely N-dealkylation sites (tertiary alicyclic amines) is 1. The molecule has 3 fully saturated rings. The fraction of sp³-hybridized carbons (Fsp3) is 0.724. The number of carbonyl (C=O) groups excluding carboxylic acids is 2. The van der Waals surface area contributed by atoms with Crippen molar-refractivity contribution >= 4 is 11.7 Å². The largest absolute Gasteiger partial charge is 0.494 e. The van der Waals surface area contributed by atoms with E-state index in [1.54, 1.807) is 0 Å². The number of ketones is 1. The summed E-state index contributed by atoms with van der Waals surface area (Å²) in [6.45, 7) is 10.2. The number of carbonyl (C=O) groups is 2. The van der Waals surface area contributed by atoms with Crippen LogP contribution in [0.3, 0.4) is 0 Å². The molecule has 6 atom stereocenters. The molecule has 34 heavy (non-hydrogen) atoms. The lowest BCUT2D eigenvalue weighted by Gasteiger charge is -2.49. The molecule has 1 aromatic carbocycles. The van der Waals surface area contributed by atoms with E-state index in [4.69, 9.17) is 4.74 Å². The van der Waals surface area contributed by atoms with Crippen LogP contribution in [0.5, 0.6) is 5.75 Å². The number of rotatable bonds is 7. The molecule has 6 unspecified atom stereocenters. The van der Waals surface area contributed by atoms with Gasteiger partial charge in [-0.2, -0.15) is 0 Å². The lowest BCUT2D eigenvalue weighted by molar-refractivity contribution is -0.130. The summed E-state index contributed by atoms with van der Waals surface area (Å²) >= 11 is 0. The molecule has 0 aromatic heterocycles. The molecule has 1 aliphatic heterocycles. The maximum atomic E-state index is 13.0. The van der Waals surface area contributed by atoms with Crippen LogP contribution in [0.4, 0.5) is 0 Å². The molecule has 5 nitrogen and oxygen atoms in total.